The Balaban J connectivity index is 0.000000227. The maximum atomic E-state index is 12.0. The Hall–Kier alpha value is -3.76. The molecule has 0 spiro atoms. The van der Waals surface area contributed by atoms with Crippen LogP contribution >= 0.6 is 7.92 Å². The molecular weight excluding hydrogens is 654 g/mol. The van der Waals surface area contributed by atoms with Crippen LogP contribution in [-0.4, -0.2) is 21.5 Å². The molecule has 0 aliphatic carbocycles. The molecule has 0 bridgehead atoms. The van der Waals surface area contributed by atoms with Gasteiger partial charge in [0.05, 0.1) is 18.5 Å². The van der Waals surface area contributed by atoms with Gasteiger partial charge in [-0.3, -0.25) is 15.4 Å². The van der Waals surface area contributed by atoms with Gasteiger partial charge in [-0.05, 0) is 48.5 Å². The average Bonchev–Trinajstić information content (AvgIpc) is 3.02. The van der Waals surface area contributed by atoms with Gasteiger partial charge in [-0.15, -0.1) is 0 Å². The van der Waals surface area contributed by atoms with E-state index < -0.39 is 7.92 Å². The Morgan fingerprint density at radius 2 is 1.29 bits per heavy atom. The molecule has 0 aliphatic rings. The van der Waals surface area contributed by atoms with Gasteiger partial charge >= 0.3 is 20.4 Å². The summed E-state index contributed by atoms with van der Waals surface area (Å²) in [7, 11) is -0.446. The maximum Gasteiger partial charge on any atom is 2.00 e. The Kier molecular flexibility index (Phi) is 13.5. The number of aryl methyl sites for hydroxylation is 1. The number of nitrogens with one attached hydrogen (secondary N) is 1. The minimum atomic E-state index is -0.446. The zero-order valence-electron chi connectivity index (χ0n) is 22.8. The number of aliphatic hydroxyl groups excluding tert-OH is 1. The number of nitrogens with zero attached hydrogens (tertiary/aromatic N) is 3. The Morgan fingerprint density at radius 3 is 1.74 bits per heavy atom. The van der Waals surface area contributed by atoms with E-state index in [2.05, 4.69) is 111 Å². The molecule has 0 unspecified atom stereocenters. The van der Waals surface area contributed by atoms with Crippen LogP contribution in [-0.2, 0) is 39.7 Å². The predicted molar refractivity (Wildman–Crippen MR) is 171 cm³/mol. The molecule has 214 valence electrons. The molecule has 9 heteroatoms. The van der Waals surface area contributed by atoms with E-state index >= 15 is 0 Å². The second-order valence-electron chi connectivity index (χ2n) is 8.73. The number of hydrogen-bond donors (Lipinski definition) is 2. The molecule has 42 heavy (non-hydrogen) atoms. The van der Waals surface area contributed by atoms with Crippen molar-refractivity contribution in [3.05, 3.63) is 144 Å². The fraction of sp³-hybridized carbons (Fsp3) is 0.0606. The van der Waals surface area contributed by atoms with Crippen LogP contribution in [0.25, 0.3) is 0 Å². The molecule has 0 amide bonds. The molecule has 0 radical (unpaired) electrons. The molecule has 0 aliphatic heterocycles. The van der Waals surface area contributed by atoms with E-state index in [-0.39, 0.29) is 43.5 Å². The second kappa shape index (κ2) is 17.3. The van der Waals surface area contributed by atoms with Crippen LogP contribution < -0.4 is 26.4 Å². The van der Waals surface area contributed by atoms with Crippen LogP contribution in [0.4, 0.5) is 5.69 Å². The predicted octanol–water partition coefficient (Wildman–Crippen LogP) is 4.56. The quantitative estimate of drug-likeness (QED) is 0.0657. The van der Waals surface area contributed by atoms with E-state index in [1.807, 2.05) is 30.3 Å². The van der Waals surface area contributed by atoms with Crippen molar-refractivity contribution < 1.29 is 30.6 Å². The first-order chi connectivity index (χ1) is 20.1. The fourth-order valence-electron chi connectivity index (χ4n) is 3.89. The number of hydrazone groups is 1. The number of aliphatic hydroxyl groups is 1. The van der Waals surface area contributed by atoms with Gasteiger partial charge < -0.3 is 22.8 Å². The number of hydrogen-bond acceptors (Lipinski definition) is 6. The zero-order valence-corrected chi connectivity index (χ0v) is 26.0. The number of rotatable bonds is 7. The first-order valence-corrected chi connectivity index (χ1v) is 14.6. The Morgan fingerprint density at radius 1 is 0.833 bits per heavy atom. The van der Waals surface area contributed by atoms with Gasteiger partial charge in [0.2, 0.25) is 0 Å². The first kappa shape index (κ1) is 32.8. The van der Waals surface area contributed by atoms with Crippen LogP contribution in [0.3, 0.4) is 0 Å². The summed E-state index contributed by atoms with van der Waals surface area (Å²) in [6, 6.07) is 41.5. The molecule has 0 atom stereocenters. The van der Waals surface area contributed by atoms with E-state index in [0.717, 1.165) is 0 Å². The van der Waals surface area contributed by atoms with Crippen molar-refractivity contribution >= 4 is 53.5 Å². The van der Waals surface area contributed by atoms with Crippen molar-refractivity contribution in [2.45, 2.75) is 13.5 Å². The van der Waals surface area contributed by atoms with Crippen molar-refractivity contribution in [3.63, 3.8) is 0 Å². The van der Waals surface area contributed by atoms with Gasteiger partial charge in [-0.2, -0.15) is 5.10 Å². The number of aliphatic imine (C=N–C) groups is 1. The second-order valence-corrected chi connectivity index (χ2v) is 11.3. The molecule has 1 aromatic heterocycles. The third-order valence-electron chi connectivity index (χ3n) is 5.89. The van der Waals surface area contributed by atoms with Crippen LogP contribution in [0.5, 0.6) is 5.75 Å². The number of amidine groups is 1. The molecular formula is C33H29N4O2PPdS. The van der Waals surface area contributed by atoms with Gasteiger partial charge in [0.1, 0.15) is 0 Å². The molecule has 2 N–H and O–H groups in total. The van der Waals surface area contributed by atoms with E-state index in [0.29, 0.717) is 16.9 Å². The topological polar surface area (TPSA) is 92.9 Å². The monoisotopic (exact) mass is 682 g/mol. The molecule has 5 aromatic rings. The summed E-state index contributed by atoms with van der Waals surface area (Å²) in [5.41, 5.74) is 4.31. The molecule has 0 fully saturated rings. The Labute approximate surface area is 267 Å². The standard InChI is InChI=1S/C18H15P.C15H16N4O2S.Pd/c1-4-10-16(11-5-1)19(17-12-6-2-7-13-17)18-14-8-3-9-15-18;1-10-14(21)13(11(9-20)7-16-10)8-17-19-15(22)18-12-5-3-2-4-6-12;/h1-15H;2-8,20-21H,9H2,1H3,(H2,18,19,22);/q;;+2/p-2/b;17-8+;. The van der Waals surface area contributed by atoms with Crippen molar-refractivity contribution in [1.29, 1.82) is 0 Å². The third kappa shape index (κ3) is 9.39. The van der Waals surface area contributed by atoms with Gasteiger partial charge in [-0.25, -0.2) is 0 Å². The van der Waals surface area contributed by atoms with Crippen LogP contribution in [0.1, 0.15) is 16.8 Å². The number of pyridine rings is 1. The van der Waals surface area contributed by atoms with Crippen LogP contribution in [0.2, 0.25) is 0 Å². The first-order valence-electron chi connectivity index (χ1n) is 12.9. The molecule has 0 saturated heterocycles. The minimum Gasteiger partial charge on any atom is -0.871 e. The molecule has 0 saturated carbocycles. The van der Waals surface area contributed by atoms with Gasteiger partial charge in [-0.1, -0.05) is 115 Å². The van der Waals surface area contributed by atoms with E-state index in [1.54, 1.807) is 6.92 Å². The van der Waals surface area contributed by atoms with Crippen molar-refractivity contribution in [2.75, 3.05) is 0 Å². The maximum absolute atomic E-state index is 12.0. The number of para-hydroxylation sites is 1. The van der Waals surface area contributed by atoms with Gasteiger partial charge in [0.25, 0.3) is 0 Å². The summed E-state index contributed by atoms with van der Waals surface area (Å²) in [4.78, 5) is 8.05. The van der Waals surface area contributed by atoms with Gasteiger partial charge in [0, 0.05) is 22.6 Å². The normalized spacial score (nSPS) is 11.0. The Bertz CT molecular complexity index is 1480. The largest absolute Gasteiger partial charge is 2.00 e. The summed E-state index contributed by atoms with van der Waals surface area (Å²) < 4.78 is 0. The minimum absolute atomic E-state index is 0. The summed E-state index contributed by atoms with van der Waals surface area (Å²) in [6.07, 6.45) is 2.76. The number of aromatic nitrogens is 1. The van der Waals surface area contributed by atoms with Crippen molar-refractivity contribution in [1.82, 2.24) is 10.4 Å². The fourth-order valence-corrected chi connectivity index (χ4v) is 6.35. The SMILES string of the molecule is Cc1ncc(CO)c(/C=N/NC([S-])=Nc2ccccc2)c1[O-].[Pd+2].c1ccc(P(c2ccccc2)c2ccccc2)cc1. The summed E-state index contributed by atoms with van der Waals surface area (Å²) >= 11 is 5.04. The van der Waals surface area contributed by atoms with Crippen LogP contribution in [0.15, 0.2) is 138 Å². The van der Waals surface area contributed by atoms with Crippen molar-refractivity contribution in [2.24, 2.45) is 10.1 Å². The average molecular weight is 683 g/mol. The van der Waals surface area contributed by atoms with E-state index in [9.17, 15) is 10.2 Å². The van der Waals surface area contributed by atoms with E-state index in [1.165, 1.54) is 28.3 Å². The van der Waals surface area contributed by atoms with Crippen molar-refractivity contribution in [3.8, 4) is 5.75 Å². The van der Waals surface area contributed by atoms with Gasteiger partial charge in [0.15, 0.2) is 0 Å². The van der Waals surface area contributed by atoms with Crippen LogP contribution in [0, 0.1) is 6.92 Å². The third-order valence-corrected chi connectivity index (χ3v) is 8.51. The smallest absolute Gasteiger partial charge is 0.871 e. The zero-order chi connectivity index (χ0) is 28.9. The molecule has 5 rings (SSSR count). The molecule has 1 heterocycles. The molecule has 4 aromatic carbocycles. The number of benzene rings is 4. The van der Waals surface area contributed by atoms with E-state index in [4.69, 9.17) is 12.6 Å². The summed E-state index contributed by atoms with van der Waals surface area (Å²) in [5.74, 6) is -0.275. The summed E-state index contributed by atoms with van der Waals surface area (Å²) in [5, 5.41) is 29.5. The molecule has 6 nitrogen and oxygen atoms in total. The summed E-state index contributed by atoms with van der Waals surface area (Å²) in [6.45, 7) is 1.31.